The number of nitrogens with zero attached hydrogens (tertiary/aromatic N) is 3. The topological polar surface area (TPSA) is 113 Å². The molecule has 8 nitrogen and oxygen atoms in total. The van der Waals surface area contributed by atoms with Gasteiger partial charge in [0.15, 0.2) is 0 Å². The molecule has 1 fully saturated rings. The number of H-pyrrole nitrogens is 1. The minimum atomic E-state index is -4.45. The number of allylic oxidation sites excluding steroid dienone is 1. The molecule has 0 aliphatic heterocycles. The zero-order chi connectivity index (χ0) is 29.7. The Kier molecular flexibility index (Phi) is 8.67. The molecule has 1 atom stereocenters. The number of hydrogen-bond acceptors (Lipinski definition) is 6. The Labute approximate surface area is 240 Å². The maximum atomic E-state index is 12.9. The summed E-state index contributed by atoms with van der Waals surface area (Å²) in [5, 5.41) is 19.8. The summed E-state index contributed by atoms with van der Waals surface area (Å²) < 4.78 is 43.9. The number of amides is 1. The lowest BCUT2D eigenvalue weighted by atomic mass is 9.89. The van der Waals surface area contributed by atoms with Gasteiger partial charge < -0.3 is 15.2 Å². The van der Waals surface area contributed by atoms with Gasteiger partial charge in [-0.3, -0.25) is 14.9 Å². The highest BCUT2D eigenvalue weighted by Gasteiger charge is 2.30. The van der Waals surface area contributed by atoms with E-state index in [-0.39, 0.29) is 17.8 Å². The van der Waals surface area contributed by atoms with Crippen molar-refractivity contribution in [2.24, 2.45) is 0 Å². The third-order valence-electron chi connectivity index (χ3n) is 6.99. The van der Waals surface area contributed by atoms with Crippen molar-refractivity contribution in [1.29, 1.82) is 0 Å². The molecule has 4 aromatic rings. The Morgan fingerprint density at radius 3 is 2.60 bits per heavy atom. The Bertz CT molecular complexity index is 1540. The van der Waals surface area contributed by atoms with Gasteiger partial charge >= 0.3 is 6.18 Å². The molecule has 1 aliphatic carbocycles. The van der Waals surface area contributed by atoms with Crippen molar-refractivity contribution >= 4 is 12.0 Å². The molecule has 42 heavy (non-hydrogen) atoms. The Morgan fingerprint density at radius 1 is 1.12 bits per heavy atom. The van der Waals surface area contributed by atoms with Crippen molar-refractivity contribution in [2.75, 3.05) is 0 Å². The number of benzene rings is 1. The van der Waals surface area contributed by atoms with Gasteiger partial charge in [0.05, 0.1) is 34.8 Å². The van der Waals surface area contributed by atoms with Crippen LogP contribution >= 0.6 is 0 Å². The van der Waals surface area contributed by atoms with Crippen molar-refractivity contribution in [3.63, 3.8) is 0 Å². The highest BCUT2D eigenvalue weighted by Crippen LogP contribution is 2.31. The minimum absolute atomic E-state index is 0.0417. The van der Waals surface area contributed by atoms with Gasteiger partial charge in [-0.2, -0.15) is 18.3 Å². The smallest absolute Gasteiger partial charge is 0.417 e. The highest BCUT2D eigenvalue weighted by atomic mass is 19.4. The highest BCUT2D eigenvalue weighted by molar-refractivity contribution is 5.94. The summed E-state index contributed by atoms with van der Waals surface area (Å²) in [6, 6.07) is 13.0. The van der Waals surface area contributed by atoms with Crippen LogP contribution in [0.1, 0.15) is 59.7 Å². The molecule has 1 saturated carbocycles. The van der Waals surface area contributed by atoms with E-state index in [1.165, 1.54) is 11.6 Å². The average Bonchev–Trinajstić information content (AvgIpc) is 3.41. The van der Waals surface area contributed by atoms with Crippen LogP contribution in [0.5, 0.6) is 11.6 Å². The molecule has 1 amide bonds. The molecule has 218 valence electrons. The molecule has 0 saturated heterocycles. The van der Waals surface area contributed by atoms with E-state index in [0.29, 0.717) is 23.4 Å². The van der Waals surface area contributed by atoms with Crippen LogP contribution in [-0.2, 0) is 12.6 Å². The number of ether oxygens (including phenoxy) is 1. The van der Waals surface area contributed by atoms with Gasteiger partial charge in [-0.1, -0.05) is 23.8 Å². The molecule has 0 radical (unpaired) electrons. The molecule has 3 N–H and O–H groups in total. The first-order chi connectivity index (χ1) is 20.1. The molecule has 1 aliphatic rings. The third kappa shape index (κ3) is 7.41. The van der Waals surface area contributed by atoms with Crippen LogP contribution in [0, 0.1) is 0 Å². The Morgan fingerprint density at radius 2 is 1.93 bits per heavy atom. The second-order valence-electron chi connectivity index (χ2n) is 10.4. The molecule has 3 heterocycles. The molecular formula is C31H30F3N5O3. The van der Waals surface area contributed by atoms with E-state index in [9.17, 15) is 23.1 Å². The van der Waals surface area contributed by atoms with E-state index in [0.717, 1.165) is 54.8 Å². The maximum absolute atomic E-state index is 12.9. The van der Waals surface area contributed by atoms with E-state index in [1.807, 2.05) is 18.2 Å². The Hall–Kier alpha value is -4.51. The largest absolute Gasteiger partial charge is 0.439 e. The van der Waals surface area contributed by atoms with E-state index in [4.69, 9.17) is 4.74 Å². The van der Waals surface area contributed by atoms with Gasteiger partial charge in [-0.15, -0.1) is 0 Å². The fourth-order valence-corrected chi connectivity index (χ4v) is 4.86. The average molecular weight is 578 g/mol. The predicted octanol–water partition coefficient (Wildman–Crippen LogP) is 6.36. The number of halogens is 3. The predicted molar refractivity (Wildman–Crippen MR) is 151 cm³/mol. The summed E-state index contributed by atoms with van der Waals surface area (Å²) in [7, 11) is 0. The lowest BCUT2D eigenvalue weighted by molar-refractivity contribution is -0.137. The first-order valence-electron chi connectivity index (χ1n) is 13.6. The zero-order valence-electron chi connectivity index (χ0n) is 22.9. The van der Waals surface area contributed by atoms with Crippen LogP contribution in [0.4, 0.5) is 13.2 Å². The van der Waals surface area contributed by atoms with Crippen LogP contribution in [0.25, 0.3) is 17.5 Å². The van der Waals surface area contributed by atoms with Crippen molar-refractivity contribution in [3.8, 4) is 23.0 Å². The normalized spacial score (nSPS) is 16.1. The summed E-state index contributed by atoms with van der Waals surface area (Å²) in [4.78, 5) is 21.0. The van der Waals surface area contributed by atoms with Gasteiger partial charge in [0.1, 0.15) is 5.75 Å². The van der Waals surface area contributed by atoms with Gasteiger partial charge in [0.25, 0.3) is 5.91 Å². The monoisotopic (exact) mass is 577 g/mol. The van der Waals surface area contributed by atoms with Gasteiger partial charge in [0, 0.05) is 36.5 Å². The summed E-state index contributed by atoms with van der Waals surface area (Å²) in [5.41, 5.74) is 4.02. The minimum Gasteiger partial charge on any atom is -0.439 e. The van der Waals surface area contributed by atoms with Crippen LogP contribution in [0.2, 0.25) is 0 Å². The van der Waals surface area contributed by atoms with Gasteiger partial charge in [0.2, 0.25) is 5.88 Å². The van der Waals surface area contributed by atoms with E-state index in [2.05, 4.69) is 31.6 Å². The lowest BCUT2D eigenvalue weighted by Gasteiger charge is -2.25. The fourth-order valence-electron chi connectivity index (χ4n) is 4.86. The number of aliphatic hydroxyl groups excluding tert-OH is 1. The second kappa shape index (κ2) is 12.6. The summed E-state index contributed by atoms with van der Waals surface area (Å²) in [6.07, 6.45) is 4.77. The summed E-state index contributed by atoms with van der Waals surface area (Å²) in [6.45, 7) is 1.71. The number of aromatic nitrogens is 4. The van der Waals surface area contributed by atoms with Crippen molar-refractivity contribution in [3.05, 3.63) is 94.9 Å². The van der Waals surface area contributed by atoms with Crippen LogP contribution in [0.3, 0.4) is 0 Å². The number of carbonyl (C=O) groups excluding carboxylic acids is 1. The zero-order valence-corrected chi connectivity index (χ0v) is 22.9. The van der Waals surface area contributed by atoms with Crippen molar-refractivity contribution < 1.29 is 27.8 Å². The third-order valence-corrected chi connectivity index (χ3v) is 6.99. The van der Waals surface area contributed by atoms with Crippen LogP contribution in [-0.4, -0.2) is 43.3 Å². The molecule has 0 bridgehead atoms. The van der Waals surface area contributed by atoms with Crippen molar-refractivity contribution in [2.45, 2.75) is 57.3 Å². The van der Waals surface area contributed by atoms with Gasteiger partial charge in [-0.05, 0) is 68.5 Å². The number of alkyl halides is 3. The number of carbonyl (C=O) groups is 1. The number of hydrogen-bond donors (Lipinski definition) is 3. The molecule has 1 unspecified atom stereocenters. The standard InChI is InChI=1S/C31H30F3N5O3/c1-19(40)13-23-17-37-39-29(23)27-11-7-22(16-35-27)30(41)38-25-9-5-20(6-10-25)14-21-3-2-4-26(15-21)42-28-12-8-24(18-36-28)31(32,33)34/h2-4,7-8,11-12,14-19,25,40H,5-6,9-10,13H2,1H3,(H,37,39)(H,38,41). The molecule has 11 heteroatoms. The molecule has 3 aromatic heterocycles. The van der Waals surface area contributed by atoms with E-state index >= 15 is 0 Å². The summed E-state index contributed by atoms with van der Waals surface area (Å²) in [5.74, 6) is 0.377. The number of nitrogens with one attached hydrogen (secondary N) is 2. The first-order valence-corrected chi connectivity index (χ1v) is 13.6. The molecule has 1 aromatic carbocycles. The van der Waals surface area contributed by atoms with E-state index < -0.39 is 17.8 Å². The number of pyridine rings is 2. The first kappa shape index (κ1) is 29.0. The number of aromatic amines is 1. The summed E-state index contributed by atoms with van der Waals surface area (Å²) >= 11 is 0. The molecule has 5 rings (SSSR count). The Balaban J connectivity index is 1.14. The molecular weight excluding hydrogens is 547 g/mol. The fraction of sp³-hybridized carbons (Fsp3) is 0.290. The maximum Gasteiger partial charge on any atom is 0.417 e. The number of rotatable bonds is 8. The SMILES string of the molecule is CC(O)Cc1cn[nH]c1-c1ccc(C(=O)NC2CCC(=Cc3cccc(Oc4ccc(C(F)(F)F)cn4)c3)CC2)cn1. The quantitative estimate of drug-likeness (QED) is 0.225. The lowest BCUT2D eigenvalue weighted by Crippen LogP contribution is -2.36. The van der Waals surface area contributed by atoms with Crippen LogP contribution in [0.15, 0.2) is 72.7 Å². The number of aliphatic hydroxyl groups is 1. The van der Waals surface area contributed by atoms with Gasteiger partial charge in [-0.25, -0.2) is 4.98 Å². The van der Waals surface area contributed by atoms with Crippen molar-refractivity contribution in [1.82, 2.24) is 25.5 Å². The second-order valence-corrected chi connectivity index (χ2v) is 10.4. The molecule has 0 spiro atoms. The van der Waals surface area contributed by atoms with Crippen LogP contribution < -0.4 is 10.1 Å². The van der Waals surface area contributed by atoms with E-state index in [1.54, 1.807) is 37.5 Å².